The Kier molecular flexibility index (Phi) is 5.88. The van der Waals surface area contributed by atoms with Gasteiger partial charge >= 0.3 is 0 Å². The summed E-state index contributed by atoms with van der Waals surface area (Å²) in [5, 5.41) is 3.54. The minimum atomic E-state index is 0.678. The van der Waals surface area contributed by atoms with Crippen LogP contribution in [-0.4, -0.2) is 45.3 Å². The molecule has 2 atom stereocenters. The minimum absolute atomic E-state index is 0.678. The third-order valence-electron chi connectivity index (χ3n) is 3.98. The zero-order chi connectivity index (χ0) is 15.2. The van der Waals surface area contributed by atoms with Crippen molar-refractivity contribution in [2.75, 3.05) is 40.4 Å². The van der Waals surface area contributed by atoms with Crippen LogP contribution in [-0.2, 0) is 6.54 Å². The van der Waals surface area contributed by atoms with E-state index < -0.39 is 0 Å². The maximum absolute atomic E-state index is 5.40. The Labute approximate surface area is 128 Å². The fourth-order valence-electron chi connectivity index (χ4n) is 3.03. The van der Waals surface area contributed by atoms with Crippen LogP contribution < -0.4 is 14.8 Å². The lowest BCUT2D eigenvalue weighted by Crippen LogP contribution is -2.42. The van der Waals surface area contributed by atoms with Crippen molar-refractivity contribution in [3.8, 4) is 11.5 Å². The quantitative estimate of drug-likeness (QED) is 0.924. The molecule has 1 aromatic carbocycles. The molecule has 1 aromatic rings. The maximum Gasteiger partial charge on any atom is 0.161 e. The topological polar surface area (TPSA) is 33.7 Å². The summed E-state index contributed by atoms with van der Waals surface area (Å²) in [5.74, 6) is 2.96. The Morgan fingerprint density at radius 1 is 1.05 bits per heavy atom. The highest BCUT2D eigenvalue weighted by Gasteiger charge is 2.18. The smallest absolute Gasteiger partial charge is 0.161 e. The Morgan fingerprint density at radius 3 is 2.24 bits per heavy atom. The number of benzene rings is 1. The van der Waals surface area contributed by atoms with Gasteiger partial charge in [-0.15, -0.1) is 0 Å². The van der Waals surface area contributed by atoms with Crippen molar-refractivity contribution in [1.82, 2.24) is 10.2 Å². The summed E-state index contributed by atoms with van der Waals surface area (Å²) < 4.78 is 10.7. The van der Waals surface area contributed by atoms with E-state index in [-0.39, 0.29) is 0 Å². The average Bonchev–Trinajstić information content (AvgIpc) is 2.45. The first-order chi connectivity index (χ1) is 10.1. The number of nitrogens with zero attached hydrogens (tertiary/aromatic N) is 1. The zero-order valence-electron chi connectivity index (χ0n) is 13.7. The molecule has 1 fully saturated rings. The molecule has 1 aliphatic rings. The van der Waals surface area contributed by atoms with Gasteiger partial charge in [0.25, 0.3) is 0 Å². The Balaban J connectivity index is 2.07. The molecule has 0 radical (unpaired) electrons. The van der Waals surface area contributed by atoms with E-state index in [4.69, 9.17) is 9.47 Å². The van der Waals surface area contributed by atoms with Gasteiger partial charge in [-0.25, -0.2) is 0 Å². The molecule has 2 rings (SSSR count). The third-order valence-corrected chi connectivity index (χ3v) is 3.98. The van der Waals surface area contributed by atoms with Crippen molar-refractivity contribution >= 4 is 0 Å². The summed E-state index contributed by atoms with van der Waals surface area (Å²) >= 11 is 0. The van der Waals surface area contributed by atoms with Gasteiger partial charge in [-0.2, -0.15) is 0 Å². The van der Waals surface area contributed by atoms with Crippen LogP contribution in [0.5, 0.6) is 11.5 Å². The first-order valence-electron chi connectivity index (χ1n) is 7.76. The highest BCUT2D eigenvalue weighted by molar-refractivity contribution is 5.42. The standard InChI is InChI=1S/C17H28N2O2/c1-13-8-18-9-14(2)11-19(10-13)12-15-5-6-16(20-3)17(7-15)21-4/h5-7,13-14,18H,8-12H2,1-4H3. The third kappa shape index (κ3) is 4.61. The molecule has 4 nitrogen and oxygen atoms in total. The number of methoxy groups -OCH3 is 2. The normalized spacial score (nSPS) is 24.2. The second-order valence-electron chi connectivity index (χ2n) is 6.25. The lowest BCUT2D eigenvalue weighted by atomic mass is 10.0. The van der Waals surface area contributed by atoms with E-state index in [0.717, 1.165) is 44.2 Å². The van der Waals surface area contributed by atoms with Crippen LogP contribution in [0.3, 0.4) is 0 Å². The molecule has 1 N–H and O–H groups in total. The molecule has 0 bridgehead atoms. The van der Waals surface area contributed by atoms with Crippen LogP contribution in [0.2, 0.25) is 0 Å². The van der Waals surface area contributed by atoms with Gasteiger partial charge in [0.1, 0.15) is 0 Å². The van der Waals surface area contributed by atoms with Crippen LogP contribution in [0.25, 0.3) is 0 Å². The first kappa shape index (κ1) is 16.1. The predicted molar refractivity (Wildman–Crippen MR) is 86.0 cm³/mol. The molecule has 0 amide bonds. The molecule has 1 heterocycles. The van der Waals surface area contributed by atoms with Crippen molar-refractivity contribution in [2.45, 2.75) is 20.4 Å². The molecule has 21 heavy (non-hydrogen) atoms. The fourth-order valence-corrected chi connectivity index (χ4v) is 3.03. The van der Waals surface area contributed by atoms with Crippen molar-refractivity contribution < 1.29 is 9.47 Å². The molecule has 1 saturated heterocycles. The van der Waals surface area contributed by atoms with E-state index in [1.807, 2.05) is 6.07 Å². The molecular weight excluding hydrogens is 264 g/mol. The van der Waals surface area contributed by atoms with Gasteiger partial charge in [-0.05, 0) is 42.6 Å². The lowest BCUT2D eigenvalue weighted by Gasteiger charge is -2.32. The Morgan fingerprint density at radius 2 is 1.67 bits per heavy atom. The zero-order valence-corrected chi connectivity index (χ0v) is 13.7. The minimum Gasteiger partial charge on any atom is -0.493 e. The Bertz CT molecular complexity index is 438. The molecule has 0 aromatic heterocycles. The number of hydrogen-bond donors (Lipinski definition) is 1. The number of rotatable bonds is 4. The average molecular weight is 292 g/mol. The van der Waals surface area contributed by atoms with E-state index in [9.17, 15) is 0 Å². The van der Waals surface area contributed by atoms with E-state index in [0.29, 0.717) is 11.8 Å². The summed E-state index contributed by atoms with van der Waals surface area (Å²) in [6.45, 7) is 10.1. The van der Waals surface area contributed by atoms with E-state index in [1.54, 1.807) is 14.2 Å². The van der Waals surface area contributed by atoms with Gasteiger partial charge in [0.15, 0.2) is 11.5 Å². The van der Waals surface area contributed by atoms with Crippen LogP contribution in [0.1, 0.15) is 19.4 Å². The first-order valence-corrected chi connectivity index (χ1v) is 7.76. The highest BCUT2D eigenvalue weighted by Crippen LogP contribution is 2.28. The van der Waals surface area contributed by atoms with Crippen LogP contribution in [0, 0.1) is 11.8 Å². The molecule has 0 saturated carbocycles. The van der Waals surface area contributed by atoms with Crippen molar-refractivity contribution in [1.29, 1.82) is 0 Å². The summed E-state index contributed by atoms with van der Waals surface area (Å²) in [7, 11) is 3.36. The Hall–Kier alpha value is -1.26. The van der Waals surface area contributed by atoms with Crippen LogP contribution >= 0.6 is 0 Å². The monoisotopic (exact) mass is 292 g/mol. The summed E-state index contributed by atoms with van der Waals surface area (Å²) in [4.78, 5) is 2.55. The summed E-state index contributed by atoms with van der Waals surface area (Å²) in [6, 6.07) is 6.21. The highest BCUT2D eigenvalue weighted by atomic mass is 16.5. The molecule has 4 heteroatoms. The maximum atomic E-state index is 5.40. The van der Waals surface area contributed by atoms with Gasteiger partial charge in [-0.3, -0.25) is 4.90 Å². The van der Waals surface area contributed by atoms with Gasteiger partial charge < -0.3 is 14.8 Å². The summed E-state index contributed by atoms with van der Waals surface area (Å²) in [6.07, 6.45) is 0. The fraction of sp³-hybridized carbons (Fsp3) is 0.647. The van der Waals surface area contributed by atoms with E-state index in [1.165, 1.54) is 5.56 Å². The van der Waals surface area contributed by atoms with Gasteiger partial charge in [0.2, 0.25) is 0 Å². The van der Waals surface area contributed by atoms with E-state index >= 15 is 0 Å². The second kappa shape index (κ2) is 7.66. The van der Waals surface area contributed by atoms with Gasteiger partial charge in [0.05, 0.1) is 14.2 Å². The van der Waals surface area contributed by atoms with Crippen molar-refractivity contribution in [2.24, 2.45) is 11.8 Å². The molecular formula is C17H28N2O2. The van der Waals surface area contributed by atoms with Gasteiger partial charge in [0, 0.05) is 19.6 Å². The number of ether oxygens (including phenoxy) is 2. The molecule has 0 spiro atoms. The lowest BCUT2D eigenvalue weighted by molar-refractivity contribution is 0.178. The van der Waals surface area contributed by atoms with Crippen molar-refractivity contribution in [3.63, 3.8) is 0 Å². The van der Waals surface area contributed by atoms with Gasteiger partial charge in [-0.1, -0.05) is 19.9 Å². The number of hydrogen-bond acceptors (Lipinski definition) is 4. The molecule has 2 unspecified atom stereocenters. The SMILES string of the molecule is COc1ccc(CN2CC(C)CNCC(C)C2)cc1OC. The van der Waals surface area contributed by atoms with Crippen LogP contribution in [0.4, 0.5) is 0 Å². The summed E-state index contributed by atoms with van der Waals surface area (Å²) in [5.41, 5.74) is 1.28. The predicted octanol–water partition coefficient (Wildman–Crippen LogP) is 2.38. The second-order valence-corrected chi connectivity index (χ2v) is 6.25. The van der Waals surface area contributed by atoms with Crippen molar-refractivity contribution in [3.05, 3.63) is 23.8 Å². The molecule has 1 aliphatic heterocycles. The molecule has 118 valence electrons. The molecule has 0 aliphatic carbocycles. The largest absolute Gasteiger partial charge is 0.493 e. The number of nitrogens with one attached hydrogen (secondary N) is 1. The van der Waals surface area contributed by atoms with E-state index in [2.05, 4.69) is 36.2 Å². The van der Waals surface area contributed by atoms with Crippen LogP contribution in [0.15, 0.2) is 18.2 Å².